The molecule has 1 aliphatic rings. The molecule has 1 aliphatic carbocycles. The largest absolute Gasteiger partial charge is 0.464 e. The molecule has 3 aromatic rings. The Bertz CT molecular complexity index is 1220. The molecule has 2 aromatic heterocycles. The third-order valence-corrected chi connectivity index (χ3v) is 5.27. The number of anilines is 1. The van der Waals surface area contributed by atoms with Gasteiger partial charge in [-0.3, -0.25) is 4.79 Å². The van der Waals surface area contributed by atoms with E-state index in [0.717, 1.165) is 18.4 Å². The first-order valence-corrected chi connectivity index (χ1v) is 10.4. The van der Waals surface area contributed by atoms with Gasteiger partial charge in [0.25, 0.3) is 5.91 Å². The molecule has 33 heavy (non-hydrogen) atoms. The van der Waals surface area contributed by atoms with Crippen molar-refractivity contribution in [3.05, 3.63) is 47.3 Å². The van der Waals surface area contributed by atoms with Crippen LogP contribution < -0.4 is 10.6 Å². The number of carbonyl (C=O) groups excluding carboxylic acids is 2. The Labute approximate surface area is 187 Å². The molecule has 1 aromatic carbocycles. The number of nitrogens with zero attached hydrogens (tertiary/aromatic N) is 3. The van der Waals surface area contributed by atoms with E-state index in [9.17, 15) is 22.8 Å². The molecule has 0 unspecified atom stereocenters. The molecule has 11 heteroatoms. The van der Waals surface area contributed by atoms with E-state index in [2.05, 4.69) is 20.7 Å². The molecule has 8 nitrogen and oxygen atoms in total. The van der Waals surface area contributed by atoms with E-state index in [1.54, 1.807) is 18.2 Å². The molecule has 1 amide bonds. The number of amides is 1. The summed E-state index contributed by atoms with van der Waals surface area (Å²) in [5.74, 6) is -0.874. The second-order valence-corrected chi connectivity index (χ2v) is 7.88. The fraction of sp³-hybridized carbons (Fsp3) is 0.364. The van der Waals surface area contributed by atoms with E-state index in [1.807, 2.05) is 6.92 Å². The number of rotatable bonds is 7. The fourth-order valence-electron chi connectivity index (χ4n) is 3.41. The van der Waals surface area contributed by atoms with Crippen molar-refractivity contribution in [1.29, 1.82) is 0 Å². The van der Waals surface area contributed by atoms with Crippen molar-refractivity contribution < 1.29 is 27.5 Å². The number of halogens is 3. The highest BCUT2D eigenvalue weighted by molar-refractivity contribution is 5.96. The summed E-state index contributed by atoms with van der Waals surface area (Å²) in [6.07, 6.45) is -1.90. The van der Waals surface area contributed by atoms with Crippen molar-refractivity contribution in [1.82, 2.24) is 19.9 Å². The maximum absolute atomic E-state index is 12.6. The third-order valence-electron chi connectivity index (χ3n) is 5.27. The van der Waals surface area contributed by atoms with Crippen LogP contribution in [0, 0.1) is 6.92 Å². The number of methoxy groups -OCH3 is 1. The molecule has 2 heterocycles. The number of esters is 1. The smallest absolute Gasteiger partial charge is 0.390 e. The average Bonchev–Trinajstić information content (AvgIpc) is 3.46. The summed E-state index contributed by atoms with van der Waals surface area (Å²) in [5.41, 5.74) is 2.87. The van der Waals surface area contributed by atoms with Gasteiger partial charge < -0.3 is 15.4 Å². The number of benzene rings is 1. The van der Waals surface area contributed by atoms with Gasteiger partial charge in [0.1, 0.15) is 0 Å². The lowest BCUT2D eigenvalue weighted by Gasteiger charge is -2.12. The predicted molar refractivity (Wildman–Crippen MR) is 114 cm³/mol. The molecule has 1 fully saturated rings. The molecular weight excluding hydrogens is 439 g/mol. The number of imidazole rings is 1. The molecular formula is C22H22F3N5O3. The standard InChI is InChI=1S/C22H22F3N5O3/c1-12-9-13(3-6-15(12)20(31)28-14-4-5-14)18-11-27-19-16(26-8-7-22(23,24)25)10-17(21(32)33-2)29-30(18)19/h3,6,9-11,14,26H,4-5,7-8H2,1-2H3,(H,28,31). The number of hydrogen-bond acceptors (Lipinski definition) is 6. The summed E-state index contributed by atoms with van der Waals surface area (Å²) in [5, 5.41) is 9.91. The number of nitrogens with one attached hydrogen (secondary N) is 2. The van der Waals surface area contributed by atoms with Crippen LogP contribution >= 0.6 is 0 Å². The van der Waals surface area contributed by atoms with E-state index < -0.39 is 25.1 Å². The van der Waals surface area contributed by atoms with Crippen LogP contribution in [0.15, 0.2) is 30.5 Å². The van der Waals surface area contributed by atoms with Crippen LogP contribution in [-0.4, -0.2) is 52.3 Å². The van der Waals surface area contributed by atoms with E-state index >= 15 is 0 Å². The first-order chi connectivity index (χ1) is 15.7. The van der Waals surface area contributed by atoms with E-state index in [0.29, 0.717) is 16.8 Å². The van der Waals surface area contributed by atoms with Crippen molar-refractivity contribution in [2.45, 2.75) is 38.4 Å². The minimum absolute atomic E-state index is 0.0871. The molecule has 4 rings (SSSR count). The number of aromatic nitrogens is 3. The van der Waals surface area contributed by atoms with E-state index in [-0.39, 0.29) is 29.0 Å². The first-order valence-electron chi connectivity index (χ1n) is 10.4. The third kappa shape index (κ3) is 5.07. The minimum atomic E-state index is -4.33. The van der Waals surface area contributed by atoms with Crippen LogP contribution in [0.5, 0.6) is 0 Å². The highest BCUT2D eigenvalue weighted by Crippen LogP contribution is 2.28. The van der Waals surface area contributed by atoms with E-state index in [1.165, 1.54) is 23.9 Å². The Kier molecular flexibility index (Phi) is 5.96. The van der Waals surface area contributed by atoms with Gasteiger partial charge in [-0.25, -0.2) is 14.3 Å². The van der Waals surface area contributed by atoms with Gasteiger partial charge >= 0.3 is 12.1 Å². The van der Waals surface area contributed by atoms with Crippen molar-refractivity contribution in [2.24, 2.45) is 0 Å². The van der Waals surface area contributed by atoms with Crippen LogP contribution in [0.4, 0.5) is 18.9 Å². The van der Waals surface area contributed by atoms with Crippen LogP contribution in [0.1, 0.15) is 45.7 Å². The number of ether oxygens (including phenoxy) is 1. The summed E-state index contributed by atoms with van der Waals surface area (Å²) < 4.78 is 43.9. The topological polar surface area (TPSA) is 97.6 Å². The molecule has 174 valence electrons. The van der Waals surface area contributed by atoms with Crippen LogP contribution in [0.2, 0.25) is 0 Å². The lowest BCUT2D eigenvalue weighted by molar-refractivity contribution is -0.131. The minimum Gasteiger partial charge on any atom is -0.464 e. The number of carbonyl (C=O) groups is 2. The van der Waals surface area contributed by atoms with Gasteiger partial charge in [-0.2, -0.15) is 18.3 Å². The van der Waals surface area contributed by atoms with Gasteiger partial charge in [-0.05, 0) is 37.5 Å². The Morgan fingerprint density at radius 1 is 1.24 bits per heavy atom. The Morgan fingerprint density at radius 2 is 2.00 bits per heavy atom. The summed E-state index contributed by atoms with van der Waals surface area (Å²) in [6.45, 7) is 1.42. The predicted octanol–water partition coefficient (Wildman–Crippen LogP) is 3.75. The number of aryl methyl sites for hydroxylation is 1. The van der Waals surface area contributed by atoms with Gasteiger partial charge in [0.05, 0.1) is 31.1 Å². The maximum Gasteiger partial charge on any atom is 0.390 e. The van der Waals surface area contributed by atoms with Crippen LogP contribution in [0.25, 0.3) is 16.9 Å². The summed E-state index contributed by atoms with van der Waals surface area (Å²) in [6, 6.07) is 6.79. The second-order valence-electron chi connectivity index (χ2n) is 7.88. The normalized spacial score (nSPS) is 13.7. The van der Waals surface area contributed by atoms with Gasteiger partial charge in [0, 0.05) is 29.8 Å². The van der Waals surface area contributed by atoms with Gasteiger partial charge in [-0.1, -0.05) is 6.07 Å². The zero-order valence-electron chi connectivity index (χ0n) is 18.0. The molecule has 0 radical (unpaired) electrons. The van der Waals surface area contributed by atoms with Gasteiger partial charge in [0.2, 0.25) is 0 Å². The molecule has 0 atom stereocenters. The number of fused-ring (bicyclic) bond motifs is 1. The lowest BCUT2D eigenvalue weighted by Crippen LogP contribution is -2.26. The Hall–Kier alpha value is -3.63. The number of hydrogen-bond donors (Lipinski definition) is 2. The monoisotopic (exact) mass is 461 g/mol. The van der Waals surface area contributed by atoms with Gasteiger partial charge in [-0.15, -0.1) is 0 Å². The molecule has 1 saturated carbocycles. The SMILES string of the molecule is COC(=O)c1cc(NCCC(F)(F)F)c2ncc(-c3ccc(C(=O)NC4CC4)c(C)c3)n2n1. The quantitative estimate of drug-likeness (QED) is 0.520. The second kappa shape index (κ2) is 8.72. The van der Waals surface area contributed by atoms with E-state index in [4.69, 9.17) is 4.74 Å². The van der Waals surface area contributed by atoms with Crippen molar-refractivity contribution in [2.75, 3.05) is 19.0 Å². The zero-order chi connectivity index (χ0) is 23.8. The highest BCUT2D eigenvalue weighted by atomic mass is 19.4. The lowest BCUT2D eigenvalue weighted by atomic mass is 10.0. The maximum atomic E-state index is 12.6. The summed E-state index contributed by atoms with van der Waals surface area (Å²) in [7, 11) is 1.19. The Morgan fingerprint density at radius 3 is 2.64 bits per heavy atom. The Balaban J connectivity index is 1.70. The average molecular weight is 461 g/mol. The molecule has 2 N–H and O–H groups in total. The van der Waals surface area contributed by atoms with Crippen molar-refractivity contribution in [3.8, 4) is 11.3 Å². The molecule has 0 spiro atoms. The first kappa shape index (κ1) is 22.6. The zero-order valence-corrected chi connectivity index (χ0v) is 18.0. The van der Waals surface area contributed by atoms with Crippen LogP contribution in [-0.2, 0) is 4.74 Å². The summed E-state index contributed by atoms with van der Waals surface area (Å²) in [4.78, 5) is 28.8. The van der Waals surface area contributed by atoms with Crippen molar-refractivity contribution >= 4 is 23.2 Å². The van der Waals surface area contributed by atoms with Crippen molar-refractivity contribution in [3.63, 3.8) is 0 Å². The molecule has 0 aliphatic heterocycles. The number of alkyl halides is 3. The fourth-order valence-corrected chi connectivity index (χ4v) is 3.41. The summed E-state index contributed by atoms with van der Waals surface area (Å²) >= 11 is 0. The van der Waals surface area contributed by atoms with Crippen LogP contribution in [0.3, 0.4) is 0 Å². The molecule has 0 saturated heterocycles. The highest BCUT2D eigenvalue weighted by Gasteiger charge is 2.27. The molecule has 0 bridgehead atoms. The van der Waals surface area contributed by atoms with Gasteiger partial charge in [0.15, 0.2) is 11.3 Å².